The highest BCUT2D eigenvalue weighted by atomic mass is 35.5. The van der Waals surface area contributed by atoms with Crippen molar-refractivity contribution < 1.29 is 9.59 Å². The number of nitrogens with zero attached hydrogens (tertiary/aromatic N) is 2. The van der Waals surface area contributed by atoms with E-state index < -0.39 is 11.8 Å². The summed E-state index contributed by atoms with van der Waals surface area (Å²) < 4.78 is 0. The number of nitrogens with one attached hydrogen (secondary N) is 1. The number of aromatic nitrogens is 2. The van der Waals surface area contributed by atoms with Crippen molar-refractivity contribution in [2.24, 2.45) is 5.73 Å². The van der Waals surface area contributed by atoms with Gasteiger partial charge in [-0.05, 0) is 24.3 Å². The SMILES string of the molecule is NC(=O)c1cccc(NC(=O)c2cc(Cl)nnc2Cl)c1. The van der Waals surface area contributed by atoms with E-state index in [0.29, 0.717) is 5.69 Å². The molecule has 102 valence electrons. The lowest BCUT2D eigenvalue weighted by Gasteiger charge is -2.07. The first-order valence-corrected chi connectivity index (χ1v) is 6.13. The van der Waals surface area contributed by atoms with Gasteiger partial charge < -0.3 is 11.1 Å². The van der Waals surface area contributed by atoms with E-state index >= 15 is 0 Å². The topological polar surface area (TPSA) is 98.0 Å². The van der Waals surface area contributed by atoms with Crippen LogP contribution in [0.15, 0.2) is 30.3 Å². The van der Waals surface area contributed by atoms with Crippen LogP contribution in [0.1, 0.15) is 20.7 Å². The minimum absolute atomic E-state index is 0.0467. The Bertz CT molecular complexity index is 691. The summed E-state index contributed by atoms with van der Waals surface area (Å²) in [5.74, 6) is -1.11. The molecule has 1 aromatic carbocycles. The maximum Gasteiger partial charge on any atom is 0.258 e. The van der Waals surface area contributed by atoms with E-state index in [1.807, 2.05) is 0 Å². The highest BCUT2D eigenvalue weighted by molar-refractivity contribution is 6.34. The lowest BCUT2D eigenvalue weighted by atomic mass is 10.2. The van der Waals surface area contributed by atoms with Gasteiger partial charge in [-0.2, -0.15) is 0 Å². The van der Waals surface area contributed by atoms with E-state index in [-0.39, 0.29) is 21.4 Å². The largest absolute Gasteiger partial charge is 0.366 e. The molecule has 6 nitrogen and oxygen atoms in total. The Hall–Kier alpha value is -2.18. The molecule has 0 unspecified atom stereocenters. The molecular weight excluding hydrogens is 303 g/mol. The second-order valence-corrected chi connectivity index (χ2v) is 4.52. The zero-order valence-electron chi connectivity index (χ0n) is 9.93. The molecule has 0 bridgehead atoms. The van der Waals surface area contributed by atoms with E-state index in [1.54, 1.807) is 12.1 Å². The van der Waals surface area contributed by atoms with Crippen LogP contribution in [0.5, 0.6) is 0 Å². The number of amides is 2. The smallest absolute Gasteiger partial charge is 0.258 e. The second-order valence-electron chi connectivity index (χ2n) is 3.77. The molecule has 0 atom stereocenters. The predicted molar refractivity (Wildman–Crippen MR) is 75.0 cm³/mol. The molecule has 0 saturated heterocycles. The van der Waals surface area contributed by atoms with Gasteiger partial charge in [0.05, 0.1) is 5.56 Å². The van der Waals surface area contributed by atoms with Gasteiger partial charge in [-0.3, -0.25) is 9.59 Å². The third-order valence-corrected chi connectivity index (χ3v) is 2.83. The number of anilines is 1. The molecule has 0 aliphatic heterocycles. The van der Waals surface area contributed by atoms with Gasteiger partial charge in [0.2, 0.25) is 5.91 Å². The minimum atomic E-state index is -0.590. The molecule has 2 aromatic rings. The fourth-order valence-corrected chi connectivity index (χ4v) is 1.79. The summed E-state index contributed by atoms with van der Waals surface area (Å²) in [6, 6.07) is 7.48. The van der Waals surface area contributed by atoms with Gasteiger partial charge in [-0.25, -0.2) is 0 Å². The van der Waals surface area contributed by atoms with Crippen molar-refractivity contribution in [3.05, 3.63) is 51.8 Å². The zero-order valence-corrected chi connectivity index (χ0v) is 11.4. The van der Waals surface area contributed by atoms with E-state index in [1.165, 1.54) is 18.2 Å². The molecule has 0 aliphatic carbocycles. The van der Waals surface area contributed by atoms with Gasteiger partial charge in [-0.1, -0.05) is 29.3 Å². The van der Waals surface area contributed by atoms with Crippen molar-refractivity contribution in [3.63, 3.8) is 0 Å². The average molecular weight is 311 g/mol. The monoisotopic (exact) mass is 310 g/mol. The maximum atomic E-state index is 12.0. The van der Waals surface area contributed by atoms with Gasteiger partial charge >= 0.3 is 0 Å². The molecular formula is C12H8Cl2N4O2. The number of primary amides is 1. The highest BCUT2D eigenvalue weighted by Gasteiger charge is 2.14. The standard InChI is InChI=1S/C12H8Cl2N4O2/c13-9-5-8(10(14)18-17-9)12(20)16-7-3-1-2-6(4-7)11(15)19/h1-5H,(H2,15,19)(H,16,20). The Kier molecular flexibility index (Phi) is 4.16. The van der Waals surface area contributed by atoms with Gasteiger partial charge in [-0.15, -0.1) is 10.2 Å². The van der Waals surface area contributed by atoms with Crippen LogP contribution in [0.3, 0.4) is 0 Å². The van der Waals surface area contributed by atoms with E-state index in [4.69, 9.17) is 28.9 Å². The normalized spacial score (nSPS) is 10.1. The lowest BCUT2D eigenvalue weighted by Crippen LogP contribution is -2.15. The molecule has 0 spiro atoms. The summed E-state index contributed by atoms with van der Waals surface area (Å²) >= 11 is 11.4. The minimum Gasteiger partial charge on any atom is -0.366 e. The first kappa shape index (κ1) is 14.2. The Labute approximate surface area is 123 Å². The average Bonchev–Trinajstić information content (AvgIpc) is 2.41. The number of benzene rings is 1. The van der Waals surface area contributed by atoms with Crippen molar-refractivity contribution in [1.82, 2.24) is 10.2 Å². The number of nitrogens with two attached hydrogens (primary N) is 1. The maximum absolute atomic E-state index is 12.0. The molecule has 2 rings (SSSR count). The molecule has 1 heterocycles. The van der Waals surface area contributed by atoms with Gasteiger partial charge in [0.1, 0.15) is 0 Å². The predicted octanol–water partition coefficient (Wildman–Crippen LogP) is 2.13. The molecule has 2 amide bonds. The Balaban J connectivity index is 2.25. The number of hydrogen-bond donors (Lipinski definition) is 2. The van der Waals surface area contributed by atoms with Crippen molar-refractivity contribution in [3.8, 4) is 0 Å². The van der Waals surface area contributed by atoms with Gasteiger partial charge in [0, 0.05) is 11.3 Å². The molecule has 20 heavy (non-hydrogen) atoms. The van der Waals surface area contributed by atoms with Crippen LogP contribution in [-0.2, 0) is 0 Å². The Morgan fingerprint density at radius 3 is 2.60 bits per heavy atom. The third kappa shape index (κ3) is 3.23. The number of hydrogen-bond acceptors (Lipinski definition) is 4. The second kappa shape index (κ2) is 5.85. The van der Waals surface area contributed by atoms with Crippen molar-refractivity contribution in [2.75, 3.05) is 5.32 Å². The summed E-state index contributed by atoms with van der Waals surface area (Å²) in [5.41, 5.74) is 5.92. The molecule has 1 aromatic heterocycles. The molecule has 8 heteroatoms. The molecule has 3 N–H and O–H groups in total. The van der Waals surface area contributed by atoms with Crippen LogP contribution in [0.2, 0.25) is 10.3 Å². The summed E-state index contributed by atoms with van der Waals surface area (Å²) in [6.45, 7) is 0. The molecule has 0 fully saturated rings. The lowest BCUT2D eigenvalue weighted by molar-refractivity contribution is 0.0996. The Morgan fingerprint density at radius 2 is 1.90 bits per heavy atom. The molecule has 0 saturated carbocycles. The van der Waals surface area contributed by atoms with E-state index in [9.17, 15) is 9.59 Å². The van der Waals surface area contributed by atoms with Gasteiger partial charge in [0.15, 0.2) is 10.3 Å². The number of halogens is 2. The van der Waals surface area contributed by atoms with Crippen molar-refractivity contribution >= 4 is 40.7 Å². The van der Waals surface area contributed by atoms with E-state index in [2.05, 4.69) is 15.5 Å². The fourth-order valence-electron chi connectivity index (χ4n) is 1.46. The van der Waals surface area contributed by atoms with Crippen LogP contribution in [-0.4, -0.2) is 22.0 Å². The zero-order chi connectivity index (χ0) is 14.7. The third-order valence-electron chi connectivity index (χ3n) is 2.37. The number of rotatable bonds is 3. The van der Waals surface area contributed by atoms with Crippen LogP contribution >= 0.6 is 23.2 Å². The highest BCUT2D eigenvalue weighted by Crippen LogP contribution is 2.18. The number of carbonyl (C=O) groups is 2. The quantitative estimate of drug-likeness (QED) is 0.907. The van der Waals surface area contributed by atoms with Crippen molar-refractivity contribution in [1.29, 1.82) is 0 Å². The summed E-state index contributed by atoms with van der Waals surface area (Å²) in [7, 11) is 0. The van der Waals surface area contributed by atoms with Crippen LogP contribution in [0.25, 0.3) is 0 Å². The summed E-state index contributed by atoms with van der Waals surface area (Å²) in [5, 5.41) is 9.58. The number of carbonyl (C=O) groups excluding carboxylic acids is 2. The summed E-state index contributed by atoms with van der Waals surface area (Å²) in [6.07, 6.45) is 0. The van der Waals surface area contributed by atoms with Crippen LogP contribution in [0, 0.1) is 0 Å². The molecule has 0 aliphatic rings. The van der Waals surface area contributed by atoms with Crippen LogP contribution in [0.4, 0.5) is 5.69 Å². The molecule has 0 radical (unpaired) electrons. The van der Waals surface area contributed by atoms with E-state index in [0.717, 1.165) is 0 Å². The summed E-state index contributed by atoms with van der Waals surface area (Å²) in [4.78, 5) is 23.1. The van der Waals surface area contributed by atoms with Crippen LogP contribution < -0.4 is 11.1 Å². The first-order chi connectivity index (χ1) is 9.47. The Morgan fingerprint density at radius 1 is 1.15 bits per heavy atom. The van der Waals surface area contributed by atoms with Crippen molar-refractivity contribution in [2.45, 2.75) is 0 Å². The fraction of sp³-hybridized carbons (Fsp3) is 0. The first-order valence-electron chi connectivity index (χ1n) is 5.37. The van der Waals surface area contributed by atoms with Gasteiger partial charge in [0.25, 0.3) is 5.91 Å².